The Kier molecular flexibility index (Phi) is 56.2. The summed E-state index contributed by atoms with van der Waals surface area (Å²) in [5.41, 5.74) is 0. The lowest BCUT2D eigenvalue weighted by Crippen LogP contribution is -2.60. The summed E-state index contributed by atoms with van der Waals surface area (Å²) in [6.45, 7) is 4.29. The van der Waals surface area contributed by atoms with Crippen LogP contribution in [0.15, 0.2) is 48.6 Å². The molecule has 0 saturated carbocycles. The molecule has 0 spiro atoms. The third kappa shape index (κ3) is 48.5. The minimum absolute atomic E-state index is 0.00108. The zero-order valence-electron chi connectivity index (χ0n) is 52.5. The van der Waals surface area contributed by atoms with Crippen LogP contribution in [0.2, 0.25) is 0 Å². The molecule has 81 heavy (non-hydrogen) atoms. The molecule has 0 aromatic carbocycles. The third-order valence-corrected chi connectivity index (χ3v) is 16.1. The molecular formula is C70H129NO10. The van der Waals surface area contributed by atoms with Gasteiger partial charge in [-0.25, -0.2) is 0 Å². The summed E-state index contributed by atoms with van der Waals surface area (Å²) in [4.78, 5) is 25.1. The number of rotatable bonds is 60. The van der Waals surface area contributed by atoms with Crippen molar-refractivity contribution < 1.29 is 49.3 Å². The number of aliphatic hydroxyl groups excluding tert-OH is 5. The van der Waals surface area contributed by atoms with Gasteiger partial charge in [0.2, 0.25) is 5.91 Å². The van der Waals surface area contributed by atoms with Gasteiger partial charge in [0.05, 0.1) is 32.0 Å². The monoisotopic (exact) mass is 1140 g/mol. The lowest BCUT2D eigenvalue weighted by Gasteiger charge is -2.40. The average molecular weight is 1140 g/mol. The highest BCUT2D eigenvalue weighted by atomic mass is 16.7. The molecule has 1 amide bonds. The molecule has 7 atom stereocenters. The minimum atomic E-state index is -1.58. The van der Waals surface area contributed by atoms with Crippen molar-refractivity contribution in [1.29, 1.82) is 0 Å². The van der Waals surface area contributed by atoms with Crippen LogP contribution in [0.3, 0.4) is 0 Å². The maximum atomic E-state index is 13.0. The van der Waals surface area contributed by atoms with Gasteiger partial charge in [-0.05, 0) is 96.3 Å². The molecule has 0 radical (unpaired) electrons. The second-order valence-electron chi connectivity index (χ2n) is 23.9. The van der Waals surface area contributed by atoms with Crippen LogP contribution in [0.1, 0.15) is 322 Å². The maximum absolute atomic E-state index is 13.0. The number of nitrogens with one attached hydrogen (secondary N) is 1. The fraction of sp³-hybridized carbons (Fsp3) is 0.857. The highest BCUT2D eigenvalue weighted by Crippen LogP contribution is 2.23. The number of unbranched alkanes of at least 4 members (excludes halogenated alkanes) is 40. The summed E-state index contributed by atoms with van der Waals surface area (Å²) in [6, 6.07) is -0.827. The van der Waals surface area contributed by atoms with Crippen molar-refractivity contribution in [3.8, 4) is 0 Å². The Labute approximate surface area is 497 Å². The summed E-state index contributed by atoms with van der Waals surface area (Å²) in [5, 5.41) is 54.2. The van der Waals surface area contributed by atoms with Crippen molar-refractivity contribution in [2.24, 2.45) is 0 Å². The van der Waals surface area contributed by atoms with E-state index < -0.39 is 49.5 Å². The Morgan fingerprint density at radius 3 is 1.25 bits per heavy atom. The number of allylic oxidation sites excluding steroid dienone is 7. The van der Waals surface area contributed by atoms with Crippen LogP contribution in [0, 0.1) is 0 Å². The van der Waals surface area contributed by atoms with E-state index >= 15 is 0 Å². The fourth-order valence-corrected chi connectivity index (χ4v) is 10.7. The molecule has 0 bridgehead atoms. The molecule has 0 aromatic rings. The summed E-state index contributed by atoms with van der Waals surface area (Å²) < 4.78 is 16.7. The largest absolute Gasteiger partial charge is 0.466 e. The van der Waals surface area contributed by atoms with E-state index in [0.717, 1.165) is 57.8 Å². The van der Waals surface area contributed by atoms with Crippen LogP contribution in [-0.4, -0.2) is 100 Å². The van der Waals surface area contributed by atoms with Gasteiger partial charge in [-0.15, -0.1) is 0 Å². The van der Waals surface area contributed by atoms with E-state index in [2.05, 4.69) is 55.6 Å². The van der Waals surface area contributed by atoms with Gasteiger partial charge in [0.15, 0.2) is 6.29 Å². The number of aliphatic hydroxyl groups is 5. The van der Waals surface area contributed by atoms with Gasteiger partial charge in [0.25, 0.3) is 0 Å². The van der Waals surface area contributed by atoms with Crippen molar-refractivity contribution in [3.05, 3.63) is 48.6 Å². The van der Waals surface area contributed by atoms with Crippen LogP contribution >= 0.6 is 0 Å². The molecule has 474 valence electrons. The lowest BCUT2D eigenvalue weighted by molar-refractivity contribution is -0.302. The second-order valence-corrected chi connectivity index (χ2v) is 23.9. The Bertz CT molecular complexity index is 1480. The van der Waals surface area contributed by atoms with Crippen molar-refractivity contribution in [2.75, 3.05) is 19.8 Å². The molecule has 1 heterocycles. The Morgan fingerprint density at radius 2 is 0.802 bits per heavy atom. The highest BCUT2D eigenvalue weighted by molar-refractivity contribution is 5.76. The van der Waals surface area contributed by atoms with E-state index in [1.165, 1.54) is 238 Å². The number of hydrogen-bond donors (Lipinski definition) is 6. The van der Waals surface area contributed by atoms with E-state index in [9.17, 15) is 35.1 Å². The van der Waals surface area contributed by atoms with Gasteiger partial charge in [-0.1, -0.05) is 262 Å². The third-order valence-electron chi connectivity index (χ3n) is 16.1. The van der Waals surface area contributed by atoms with E-state index in [-0.39, 0.29) is 18.5 Å². The second kappa shape index (κ2) is 59.4. The van der Waals surface area contributed by atoms with Gasteiger partial charge in [0, 0.05) is 12.8 Å². The van der Waals surface area contributed by atoms with Crippen LogP contribution in [0.5, 0.6) is 0 Å². The van der Waals surface area contributed by atoms with E-state index in [0.29, 0.717) is 19.4 Å². The van der Waals surface area contributed by atoms with Crippen molar-refractivity contribution in [2.45, 2.75) is 365 Å². The van der Waals surface area contributed by atoms with Crippen LogP contribution in [0.4, 0.5) is 0 Å². The van der Waals surface area contributed by atoms with Crippen LogP contribution in [0.25, 0.3) is 0 Å². The van der Waals surface area contributed by atoms with Crippen LogP contribution < -0.4 is 5.32 Å². The zero-order valence-corrected chi connectivity index (χ0v) is 52.5. The Morgan fingerprint density at radius 1 is 0.444 bits per heavy atom. The zero-order chi connectivity index (χ0) is 58.7. The van der Waals surface area contributed by atoms with E-state index in [4.69, 9.17) is 14.2 Å². The van der Waals surface area contributed by atoms with Gasteiger partial charge in [-0.2, -0.15) is 0 Å². The first-order valence-corrected chi connectivity index (χ1v) is 34.4. The highest BCUT2D eigenvalue weighted by Gasteiger charge is 2.44. The minimum Gasteiger partial charge on any atom is -0.466 e. The predicted molar refractivity (Wildman–Crippen MR) is 338 cm³/mol. The molecular weight excluding hydrogens is 1010 g/mol. The number of carbonyl (C=O) groups is 2. The lowest BCUT2D eigenvalue weighted by atomic mass is 9.99. The van der Waals surface area contributed by atoms with Crippen molar-refractivity contribution >= 4 is 11.9 Å². The first-order chi connectivity index (χ1) is 39.7. The molecule has 0 aliphatic carbocycles. The Hall–Kier alpha value is -2.38. The molecule has 1 saturated heterocycles. The van der Waals surface area contributed by atoms with Gasteiger partial charge in [0.1, 0.15) is 24.4 Å². The number of carbonyl (C=O) groups excluding carboxylic acids is 2. The topological polar surface area (TPSA) is 175 Å². The molecule has 11 nitrogen and oxygen atoms in total. The molecule has 11 heteroatoms. The normalized spacial score (nSPS) is 18.5. The molecule has 1 fully saturated rings. The fourth-order valence-electron chi connectivity index (χ4n) is 10.7. The van der Waals surface area contributed by atoms with Crippen LogP contribution in [-0.2, 0) is 23.8 Å². The van der Waals surface area contributed by atoms with E-state index in [1.54, 1.807) is 6.08 Å². The summed E-state index contributed by atoms with van der Waals surface area (Å²) in [6.07, 6.45) is 66.9. The van der Waals surface area contributed by atoms with E-state index in [1.807, 2.05) is 6.08 Å². The summed E-state index contributed by atoms with van der Waals surface area (Å²) in [7, 11) is 0. The van der Waals surface area contributed by atoms with Crippen molar-refractivity contribution in [1.82, 2.24) is 5.32 Å². The van der Waals surface area contributed by atoms with Gasteiger partial charge < -0.3 is 45.1 Å². The molecule has 0 aromatic heterocycles. The summed E-state index contributed by atoms with van der Waals surface area (Å²) >= 11 is 0. The summed E-state index contributed by atoms with van der Waals surface area (Å²) in [5.74, 6) is -0.195. The molecule has 7 unspecified atom stereocenters. The maximum Gasteiger partial charge on any atom is 0.305 e. The molecule has 1 rings (SSSR count). The first kappa shape index (κ1) is 76.6. The van der Waals surface area contributed by atoms with Crippen molar-refractivity contribution in [3.63, 3.8) is 0 Å². The molecule has 6 N–H and O–H groups in total. The molecule has 1 aliphatic heterocycles. The predicted octanol–water partition coefficient (Wildman–Crippen LogP) is 17.2. The number of amides is 1. The number of esters is 1. The number of hydrogen-bond acceptors (Lipinski definition) is 10. The SMILES string of the molecule is CCCCC/C=C/CC/C=C/C(O)C(COC1OC(CO)C(O)C(O)C1O)NC(=O)CCCCCCCCCCCCCC/C=C\CCCCCCCCCCCCCCOC(=O)CCCCCCC/C=C\CCCCCCCCC. The quantitative estimate of drug-likeness (QED) is 0.0195. The number of ether oxygens (including phenoxy) is 3. The molecule has 1 aliphatic rings. The first-order valence-electron chi connectivity index (χ1n) is 34.4. The average Bonchev–Trinajstić information content (AvgIpc) is 3.47. The smallest absolute Gasteiger partial charge is 0.305 e. The standard InChI is InChI=1S/C70H129NO10/c1-3-5-7-9-11-13-14-15-16-32-35-38-42-46-50-54-58-66(75)79-59-55-51-47-43-39-36-33-30-28-26-24-22-20-18-17-19-21-23-25-27-29-31-34-37-41-45-49-53-57-65(74)71-62(63(73)56-52-48-44-40-12-10-8-6-4-2)61-80-70-69(78)68(77)67(76)64(60-72)81-70/h12,16-18,32,40,52,56,62-64,67-70,72-73,76-78H,3-11,13-15,19-31,33-39,41-51,53-55,57-61H2,1-2H3,(H,71,74)/b18-17-,32-16-,40-12+,56-52+. The van der Waals surface area contributed by atoms with Gasteiger partial charge >= 0.3 is 5.97 Å². The Balaban J connectivity index is 1.93. The van der Waals surface area contributed by atoms with Gasteiger partial charge in [-0.3, -0.25) is 9.59 Å².